The van der Waals surface area contributed by atoms with E-state index in [4.69, 9.17) is 4.98 Å². The molecule has 0 atom stereocenters. The van der Waals surface area contributed by atoms with Gasteiger partial charge in [-0.1, -0.05) is 0 Å². The highest BCUT2D eigenvalue weighted by atomic mass is 32.2. The van der Waals surface area contributed by atoms with Gasteiger partial charge in [0.1, 0.15) is 11.5 Å². The molecule has 0 bridgehead atoms. The molecule has 6 rings (SSSR count). The Morgan fingerprint density at radius 1 is 0.900 bits per heavy atom. The summed E-state index contributed by atoms with van der Waals surface area (Å²) in [6, 6.07) is 12.7. The molecule has 3 aliphatic rings. The zero-order valence-corrected chi connectivity index (χ0v) is 24.4. The molecule has 4 heterocycles. The number of nitrogens with zero attached hydrogens (tertiary/aromatic N) is 6. The van der Waals surface area contributed by atoms with Crippen LogP contribution >= 0.6 is 0 Å². The van der Waals surface area contributed by atoms with E-state index < -0.39 is 9.84 Å². The van der Waals surface area contributed by atoms with Crippen molar-refractivity contribution >= 4 is 44.0 Å². The zero-order valence-electron chi connectivity index (χ0n) is 23.6. The highest BCUT2D eigenvalue weighted by molar-refractivity contribution is 7.90. The average molecular weight is 566 g/mol. The van der Waals surface area contributed by atoms with Gasteiger partial charge in [0.25, 0.3) is 0 Å². The van der Waals surface area contributed by atoms with Crippen molar-refractivity contribution < 1.29 is 13.2 Å². The highest BCUT2D eigenvalue weighted by Gasteiger charge is 2.31. The molecular weight excluding hydrogens is 526 g/mol. The van der Waals surface area contributed by atoms with Crippen LogP contribution in [0.4, 0.5) is 17.2 Å². The second kappa shape index (κ2) is 10.6. The number of nitrogens with one attached hydrogen (secondary N) is 1. The summed E-state index contributed by atoms with van der Waals surface area (Å²) < 4.78 is 26.1. The number of anilines is 3. The Hall–Kier alpha value is -3.31. The van der Waals surface area contributed by atoms with E-state index in [0.29, 0.717) is 17.0 Å². The molecular formula is C29H39N7O3S. The second-order valence-corrected chi connectivity index (χ2v) is 13.3. The number of amides is 1. The molecule has 10 nitrogen and oxygen atoms in total. The first-order valence-electron chi connectivity index (χ1n) is 14.2. The number of piperazine rings is 2. The van der Waals surface area contributed by atoms with Crippen molar-refractivity contribution in [1.82, 2.24) is 19.8 Å². The number of aromatic nitrogens is 2. The first-order chi connectivity index (χ1) is 19.2. The maximum Gasteiger partial charge on any atom is 0.219 e. The first kappa shape index (κ1) is 26.9. The molecule has 3 aromatic rings. The number of pyridine rings is 1. The van der Waals surface area contributed by atoms with Crippen molar-refractivity contribution in [3.63, 3.8) is 0 Å². The number of hydrogen-bond acceptors (Lipinski definition) is 8. The van der Waals surface area contributed by atoms with Crippen LogP contribution in [0.3, 0.4) is 0 Å². The highest BCUT2D eigenvalue weighted by Crippen LogP contribution is 2.38. The summed E-state index contributed by atoms with van der Waals surface area (Å²) >= 11 is 0. The Morgan fingerprint density at radius 2 is 1.52 bits per heavy atom. The lowest BCUT2D eigenvalue weighted by atomic mass is 9.87. The Kier molecular flexibility index (Phi) is 7.12. The quantitative estimate of drug-likeness (QED) is 0.487. The van der Waals surface area contributed by atoms with Gasteiger partial charge in [-0.15, -0.1) is 0 Å². The van der Waals surface area contributed by atoms with Gasteiger partial charge in [0.2, 0.25) is 5.91 Å². The van der Waals surface area contributed by atoms with Gasteiger partial charge in [-0.3, -0.25) is 4.79 Å². The number of hydrogen-bond donors (Lipinski definition) is 1. The number of carbonyl (C=O) groups is 1. The summed E-state index contributed by atoms with van der Waals surface area (Å²) in [5, 5.41) is 4.57. The van der Waals surface area contributed by atoms with E-state index in [2.05, 4.69) is 42.9 Å². The molecule has 1 saturated carbocycles. The van der Waals surface area contributed by atoms with Gasteiger partial charge in [0.05, 0.1) is 10.6 Å². The van der Waals surface area contributed by atoms with Crippen molar-refractivity contribution in [2.75, 3.05) is 80.4 Å². The van der Waals surface area contributed by atoms with Crippen molar-refractivity contribution in [3.8, 4) is 0 Å². The van der Waals surface area contributed by atoms with E-state index in [9.17, 15) is 13.2 Å². The van der Waals surface area contributed by atoms with Gasteiger partial charge in [-0.25, -0.2) is 13.4 Å². The van der Waals surface area contributed by atoms with Gasteiger partial charge in [-0.2, -0.15) is 0 Å². The summed E-state index contributed by atoms with van der Waals surface area (Å²) in [7, 11) is -1.17. The van der Waals surface area contributed by atoms with Gasteiger partial charge >= 0.3 is 0 Å². The molecule has 1 aromatic carbocycles. The molecule has 2 aliphatic heterocycles. The van der Waals surface area contributed by atoms with Crippen LogP contribution in [0, 0.1) is 0 Å². The smallest absolute Gasteiger partial charge is 0.219 e. The molecule has 40 heavy (non-hydrogen) atoms. The topological polar surface area (TPSA) is 94.0 Å². The summed E-state index contributed by atoms with van der Waals surface area (Å²) in [5.41, 5.74) is 3.28. The molecule has 11 heteroatoms. The molecule has 1 amide bonds. The molecule has 2 aromatic heterocycles. The summed E-state index contributed by atoms with van der Waals surface area (Å²) in [5.74, 6) is 1.13. The maximum absolute atomic E-state index is 11.9. The lowest BCUT2D eigenvalue weighted by Gasteiger charge is -2.39. The van der Waals surface area contributed by atoms with Gasteiger partial charge in [0, 0.05) is 101 Å². The van der Waals surface area contributed by atoms with Crippen LogP contribution in [0.15, 0.2) is 47.5 Å². The summed E-state index contributed by atoms with van der Waals surface area (Å²) in [4.78, 5) is 26.5. The standard InChI is InChI=1S/C29H39N7O3S/c1-21(37)32-10-14-34(15-11-32)27-20-28(31-29-26(27)8-9-36(29)24-18-22(19-24)30-2)35-16-12-33(13-17-35)23-4-6-25(7-5-23)40(3,38)39/h4-9,20,22,24,30H,10-19H2,1-3H3. The van der Waals surface area contributed by atoms with Gasteiger partial charge in [0.15, 0.2) is 9.84 Å². The monoisotopic (exact) mass is 565 g/mol. The number of rotatable bonds is 6. The van der Waals surface area contributed by atoms with Crippen molar-refractivity contribution in [2.24, 2.45) is 0 Å². The molecule has 0 radical (unpaired) electrons. The number of sulfone groups is 1. The van der Waals surface area contributed by atoms with Gasteiger partial charge in [-0.05, 0) is 50.2 Å². The van der Waals surface area contributed by atoms with E-state index >= 15 is 0 Å². The first-order valence-corrected chi connectivity index (χ1v) is 16.1. The Morgan fingerprint density at radius 3 is 2.12 bits per heavy atom. The fraction of sp³-hybridized carbons (Fsp3) is 0.517. The minimum atomic E-state index is -3.21. The van der Waals surface area contributed by atoms with E-state index in [1.54, 1.807) is 19.1 Å². The SMILES string of the molecule is CNC1CC(n2ccc3c(N4CCN(C(C)=O)CC4)cc(N4CCN(c5ccc(S(C)(=O)=O)cc5)CC4)nc32)C1. The zero-order chi connectivity index (χ0) is 28.0. The van der Waals surface area contributed by atoms with Gasteiger partial charge < -0.3 is 29.5 Å². The number of carbonyl (C=O) groups excluding carboxylic acids is 1. The molecule has 3 fully saturated rings. The van der Waals surface area contributed by atoms with Crippen LogP contribution in [0.2, 0.25) is 0 Å². The minimum Gasteiger partial charge on any atom is -0.368 e. The lowest BCUT2D eigenvalue weighted by Crippen LogP contribution is -2.48. The number of fused-ring (bicyclic) bond motifs is 1. The van der Waals surface area contributed by atoms with Crippen LogP contribution < -0.4 is 20.0 Å². The largest absolute Gasteiger partial charge is 0.368 e. The Bertz CT molecular complexity index is 1480. The van der Waals surface area contributed by atoms with Crippen LogP contribution in [0.5, 0.6) is 0 Å². The summed E-state index contributed by atoms with van der Waals surface area (Å²) in [6.45, 7) is 8.06. The molecule has 1 aliphatic carbocycles. The van der Waals surface area contributed by atoms with Crippen LogP contribution in [0.25, 0.3) is 11.0 Å². The normalized spacial score (nSPS) is 22.1. The average Bonchev–Trinajstić information content (AvgIpc) is 3.35. The minimum absolute atomic E-state index is 0.138. The van der Waals surface area contributed by atoms with Crippen LogP contribution in [-0.4, -0.2) is 100 Å². The molecule has 2 saturated heterocycles. The fourth-order valence-electron chi connectivity index (χ4n) is 6.23. The number of benzene rings is 1. The predicted octanol–water partition coefficient (Wildman–Crippen LogP) is 2.36. The Labute approximate surface area is 236 Å². The third kappa shape index (κ3) is 5.12. The van der Waals surface area contributed by atoms with E-state index in [-0.39, 0.29) is 5.91 Å². The van der Waals surface area contributed by atoms with Crippen molar-refractivity contribution in [3.05, 3.63) is 42.6 Å². The predicted molar refractivity (Wildman–Crippen MR) is 159 cm³/mol. The van der Waals surface area contributed by atoms with E-state index in [0.717, 1.165) is 82.4 Å². The molecule has 0 unspecified atom stereocenters. The van der Waals surface area contributed by atoms with Crippen LogP contribution in [0.1, 0.15) is 25.8 Å². The van der Waals surface area contributed by atoms with Crippen molar-refractivity contribution in [1.29, 1.82) is 0 Å². The molecule has 0 spiro atoms. The third-order valence-electron chi connectivity index (χ3n) is 8.86. The van der Waals surface area contributed by atoms with E-state index in [1.807, 2.05) is 24.1 Å². The third-order valence-corrected chi connectivity index (χ3v) is 9.99. The molecule has 1 N–H and O–H groups in total. The fourth-order valence-corrected chi connectivity index (χ4v) is 6.86. The molecule has 214 valence electrons. The van der Waals surface area contributed by atoms with E-state index in [1.165, 1.54) is 17.3 Å². The lowest BCUT2D eigenvalue weighted by molar-refractivity contribution is -0.129. The Balaban J connectivity index is 1.25. The summed E-state index contributed by atoms with van der Waals surface area (Å²) in [6.07, 6.45) is 5.65. The maximum atomic E-state index is 11.9. The van der Waals surface area contributed by atoms with Crippen LogP contribution in [-0.2, 0) is 14.6 Å². The van der Waals surface area contributed by atoms with Crippen molar-refractivity contribution in [2.45, 2.75) is 36.7 Å². The second-order valence-electron chi connectivity index (χ2n) is 11.3.